The van der Waals surface area contributed by atoms with Gasteiger partial charge in [0.05, 0.1) is 0 Å². The van der Waals surface area contributed by atoms with Crippen LogP contribution in [-0.4, -0.2) is 11.7 Å². The Balaban J connectivity index is 2.08. The quantitative estimate of drug-likeness (QED) is 0.443. The molecule has 0 aliphatic carbocycles. The fourth-order valence-electron chi connectivity index (χ4n) is 2.08. The number of thioether (sulfide) groups is 1. The van der Waals surface area contributed by atoms with E-state index in [0.717, 1.165) is 12.0 Å². The van der Waals surface area contributed by atoms with Crippen molar-refractivity contribution >= 4 is 29.4 Å². The molecule has 2 aromatic rings. The van der Waals surface area contributed by atoms with Crippen molar-refractivity contribution in [2.75, 3.05) is 5.32 Å². The van der Waals surface area contributed by atoms with E-state index in [-0.39, 0.29) is 5.57 Å². The SMILES string of the molecule is CCc1ccc(/C=C(\C#N)C(=O)Nc2ccc(SC(F)F)cc2)cc1. The Morgan fingerprint density at radius 3 is 2.36 bits per heavy atom. The lowest BCUT2D eigenvalue weighted by molar-refractivity contribution is -0.112. The Kier molecular flexibility index (Phi) is 6.72. The van der Waals surface area contributed by atoms with Crippen LogP contribution in [0.3, 0.4) is 0 Å². The van der Waals surface area contributed by atoms with Gasteiger partial charge in [-0.3, -0.25) is 4.79 Å². The van der Waals surface area contributed by atoms with E-state index >= 15 is 0 Å². The molecule has 0 saturated heterocycles. The van der Waals surface area contributed by atoms with Gasteiger partial charge in [-0.2, -0.15) is 14.0 Å². The number of rotatable bonds is 6. The smallest absolute Gasteiger partial charge is 0.288 e. The number of alkyl halides is 2. The zero-order valence-electron chi connectivity index (χ0n) is 13.5. The first-order valence-corrected chi connectivity index (χ1v) is 8.46. The van der Waals surface area contributed by atoms with E-state index in [1.165, 1.54) is 35.9 Å². The van der Waals surface area contributed by atoms with Crippen molar-refractivity contribution in [1.29, 1.82) is 5.26 Å². The van der Waals surface area contributed by atoms with Gasteiger partial charge in [-0.15, -0.1) is 0 Å². The summed E-state index contributed by atoms with van der Waals surface area (Å²) in [5.74, 6) is -3.04. The molecule has 0 aromatic heterocycles. The van der Waals surface area contributed by atoms with Crippen LogP contribution in [0.2, 0.25) is 0 Å². The molecule has 2 rings (SSSR count). The summed E-state index contributed by atoms with van der Waals surface area (Å²) >= 11 is 0.432. The number of halogens is 2. The molecule has 6 heteroatoms. The van der Waals surface area contributed by atoms with Gasteiger partial charge in [0, 0.05) is 10.6 Å². The average molecular weight is 358 g/mol. The van der Waals surface area contributed by atoms with E-state index < -0.39 is 11.7 Å². The summed E-state index contributed by atoms with van der Waals surface area (Å²) in [5, 5.41) is 11.8. The maximum Gasteiger partial charge on any atom is 0.288 e. The number of benzene rings is 2. The highest BCUT2D eigenvalue weighted by atomic mass is 32.2. The van der Waals surface area contributed by atoms with Gasteiger partial charge in [0.2, 0.25) is 0 Å². The molecule has 0 unspecified atom stereocenters. The van der Waals surface area contributed by atoms with Crippen molar-refractivity contribution in [2.24, 2.45) is 0 Å². The third kappa shape index (κ3) is 5.73. The Bertz CT molecular complexity index is 794. The third-order valence-electron chi connectivity index (χ3n) is 3.40. The predicted octanol–water partition coefficient (Wildman–Crippen LogP) is 5.11. The number of nitrogens with zero attached hydrogens (tertiary/aromatic N) is 1. The predicted molar refractivity (Wildman–Crippen MR) is 96.3 cm³/mol. The van der Waals surface area contributed by atoms with Gasteiger partial charge in [-0.25, -0.2) is 0 Å². The molecule has 0 bridgehead atoms. The highest BCUT2D eigenvalue weighted by Crippen LogP contribution is 2.26. The van der Waals surface area contributed by atoms with Gasteiger partial charge in [-0.1, -0.05) is 43.0 Å². The van der Waals surface area contributed by atoms with E-state index in [1.54, 1.807) is 0 Å². The number of carbonyl (C=O) groups excluding carboxylic acids is 1. The van der Waals surface area contributed by atoms with Crippen molar-refractivity contribution in [2.45, 2.75) is 24.0 Å². The number of aryl methyl sites for hydroxylation is 1. The summed E-state index contributed by atoms with van der Waals surface area (Å²) in [4.78, 5) is 12.6. The molecular weight excluding hydrogens is 342 g/mol. The molecular formula is C19H16F2N2OS. The zero-order chi connectivity index (χ0) is 18.2. The molecule has 1 N–H and O–H groups in total. The van der Waals surface area contributed by atoms with E-state index in [4.69, 9.17) is 0 Å². The lowest BCUT2D eigenvalue weighted by Crippen LogP contribution is -2.13. The van der Waals surface area contributed by atoms with Crippen LogP contribution in [0.1, 0.15) is 18.1 Å². The molecule has 3 nitrogen and oxygen atoms in total. The molecule has 0 atom stereocenters. The molecule has 1 amide bonds. The number of amides is 1. The van der Waals surface area contributed by atoms with E-state index in [9.17, 15) is 18.8 Å². The standard InChI is InChI=1S/C19H16F2N2OS/c1-2-13-3-5-14(6-4-13)11-15(12-22)18(24)23-16-7-9-17(10-8-16)25-19(20)21/h3-11,19H,2H2,1H3,(H,23,24)/b15-11+. The number of carbonyl (C=O) groups is 1. The van der Waals surface area contributed by atoms with Crippen LogP contribution >= 0.6 is 11.8 Å². The lowest BCUT2D eigenvalue weighted by atomic mass is 10.1. The van der Waals surface area contributed by atoms with Crippen molar-refractivity contribution in [1.82, 2.24) is 0 Å². The van der Waals surface area contributed by atoms with Gasteiger partial charge in [-0.05, 0) is 47.9 Å². The van der Waals surface area contributed by atoms with Gasteiger partial charge in [0.1, 0.15) is 11.6 Å². The van der Waals surface area contributed by atoms with Crippen LogP contribution in [0.15, 0.2) is 59.0 Å². The summed E-state index contributed by atoms with van der Waals surface area (Å²) in [5.41, 5.74) is 2.33. The first-order valence-electron chi connectivity index (χ1n) is 7.58. The summed E-state index contributed by atoms with van der Waals surface area (Å²) in [6.07, 6.45) is 2.42. The highest BCUT2D eigenvalue weighted by molar-refractivity contribution is 7.99. The van der Waals surface area contributed by atoms with Gasteiger partial charge in [0.15, 0.2) is 0 Å². The minimum Gasteiger partial charge on any atom is -0.321 e. The number of hydrogen-bond acceptors (Lipinski definition) is 3. The fraction of sp³-hybridized carbons (Fsp3) is 0.158. The van der Waals surface area contributed by atoms with E-state index in [1.807, 2.05) is 37.3 Å². The second-order valence-corrected chi connectivity index (χ2v) is 6.19. The summed E-state index contributed by atoms with van der Waals surface area (Å²) < 4.78 is 24.6. The van der Waals surface area contributed by atoms with E-state index in [0.29, 0.717) is 22.3 Å². The number of hydrogen-bond donors (Lipinski definition) is 1. The Labute approximate surface area is 149 Å². The largest absolute Gasteiger partial charge is 0.321 e. The maximum atomic E-state index is 12.3. The highest BCUT2D eigenvalue weighted by Gasteiger charge is 2.10. The molecule has 0 radical (unpaired) electrons. The summed E-state index contributed by atoms with van der Waals surface area (Å²) in [6.45, 7) is 2.05. The van der Waals surface area contributed by atoms with Crippen molar-refractivity contribution in [3.05, 3.63) is 65.2 Å². The van der Waals surface area contributed by atoms with Gasteiger partial charge in [0.25, 0.3) is 11.7 Å². The minimum atomic E-state index is -2.49. The van der Waals surface area contributed by atoms with E-state index in [2.05, 4.69) is 5.32 Å². The lowest BCUT2D eigenvalue weighted by Gasteiger charge is -2.06. The average Bonchev–Trinajstić information content (AvgIpc) is 2.61. The van der Waals surface area contributed by atoms with Crippen molar-refractivity contribution < 1.29 is 13.6 Å². The molecule has 0 fully saturated rings. The van der Waals surface area contributed by atoms with Crippen LogP contribution in [0.5, 0.6) is 0 Å². The van der Waals surface area contributed by atoms with Crippen molar-refractivity contribution in [3.63, 3.8) is 0 Å². The number of nitrogens with one attached hydrogen (secondary N) is 1. The summed E-state index contributed by atoms with van der Waals surface area (Å²) in [6, 6.07) is 15.5. The van der Waals surface area contributed by atoms with Crippen LogP contribution in [0.4, 0.5) is 14.5 Å². The topological polar surface area (TPSA) is 52.9 Å². The first-order chi connectivity index (χ1) is 12.0. The maximum absolute atomic E-state index is 12.3. The molecule has 2 aromatic carbocycles. The second kappa shape index (κ2) is 9.00. The molecule has 25 heavy (non-hydrogen) atoms. The molecule has 0 aliphatic rings. The second-order valence-electron chi connectivity index (χ2n) is 5.12. The Morgan fingerprint density at radius 1 is 1.20 bits per heavy atom. The fourth-order valence-corrected chi connectivity index (χ4v) is 2.58. The minimum absolute atomic E-state index is 0.0321. The molecule has 0 spiro atoms. The van der Waals surface area contributed by atoms with Crippen LogP contribution in [-0.2, 0) is 11.2 Å². The van der Waals surface area contributed by atoms with Gasteiger partial charge >= 0.3 is 0 Å². The first kappa shape index (κ1) is 18.7. The number of nitriles is 1. The molecule has 128 valence electrons. The van der Waals surface area contributed by atoms with Crippen molar-refractivity contribution in [3.8, 4) is 6.07 Å². The van der Waals surface area contributed by atoms with Crippen LogP contribution < -0.4 is 5.32 Å². The zero-order valence-corrected chi connectivity index (χ0v) is 14.3. The normalized spacial score (nSPS) is 11.2. The van der Waals surface area contributed by atoms with Crippen LogP contribution in [0.25, 0.3) is 6.08 Å². The monoisotopic (exact) mass is 358 g/mol. The molecule has 0 saturated carbocycles. The van der Waals surface area contributed by atoms with Gasteiger partial charge < -0.3 is 5.32 Å². The Hall–Kier alpha value is -2.65. The molecule has 0 aliphatic heterocycles. The molecule has 0 heterocycles. The Morgan fingerprint density at radius 2 is 1.84 bits per heavy atom. The van der Waals surface area contributed by atoms with Crippen LogP contribution in [0, 0.1) is 11.3 Å². The number of anilines is 1. The summed E-state index contributed by atoms with van der Waals surface area (Å²) in [7, 11) is 0. The third-order valence-corrected chi connectivity index (χ3v) is 4.12.